The molecule has 1 aromatic heterocycles. The number of oxazole rings is 1. The number of hydrogen-bond donors (Lipinski definition) is 0. The third-order valence-corrected chi connectivity index (χ3v) is 8.13. The summed E-state index contributed by atoms with van der Waals surface area (Å²) >= 11 is 0. The molecule has 0 aliphatic rings. The van der Waals surface area contributed by atoms with Crippen molar-refractivity contribution in [1.29, 1.82) is 0 Å². The highest BCUT2D eigenvalue weighted by molar-refractivity contribution is 7.91. The predicted octanol–water partition coefficient (Wildman–Crippen LogP) is 5.38. The number of hydrogen-bond acceptors (Lipinski definition) is 7. The fraction of sp³-hybridized carbons (Fsp3) is 0.174. The lowest BCUT2D eigenvalue weighted by atomic mass is 10.1. The summed E-state index contributed by atoms with van der Waals surface area (Å²) in [4.78, 5) is 3.67. The minimum absolute atomic E-state index is 0.0519. The smallest absolute Gasteiger partial charge is 0.416 e. The van der Waals surface area contributed by atoms with Crippen LogP contribution < -0.4 is 4.18 Å². The van der Waals surface area contributed by atoms with Gasteiger partial charge in [0.25, 0.3) is 0 Å². The minimum Gasteiger partial charge on any atom is -0.436 e. The Kier molecular flexibility index (Phi) is 6.14. The topological polar surface area (TPSA) is 104 Å². The van der Waals surface area contributed by atoms with Crippen molar-refractivity contribution in [3.05, 3.63) is 71.8 Å². The Balaban J connectivity index is 1.78. The quantitative estimate of drug-likeness (QED) is 0.311. The molecular weight excluding hydrogens is 507 g/mol. The van der Waals surface area contributed by atoms with Crippen molar-refractivity contribution in [2.75, 3.05) is 5.75 Å². The molecule has 0 aliphatic carbocycles. The molecule has 0 saturated heterocycles. The van der Waals surface area contributed by atoms with Crippen molar-refractivity contribution < 1.29 is 38.6 Å². The molecule has 4 aromatic rings. The molecule has 4 rings (SSSR count). The first kappa shape index (κ1) is 24.7. The molecule has 0 radical (unpaired) electrons. The Bertz CT molecular complexity index is 1640. The van der Waals surface area contributed by atoms with Gasteiger partial charge in [0.15, 0.2) is 21.2 Å². The van der Waals surface area contributed by atoms with Gasteiger partial charge in [-0.05, 0) is 55.0 Å². The van der Waals surface area contributed by atoms with Gasteiger partial charge in [0.1, 0.15) is 10.4 Å². The van der Waals surface area contributed by atoms with E-state index in [0.29, 0.717) is 11.6 Å². The van der Waals surface area contributed by atoms with Gasteiger partial charge in [-0.3, -0.25) is 0 Å². The molecule has 184 valence electrons. The second-order valence-electron chi connectivity index (χ2n) is 7.57. The van der Waals surface area contributed by atoms with Gasteiger partial charge < -0.3 is 8.60 Å². The minimum atomic E-state index is -4.73. The van der Waals surface area contributed by atoms with Crippen molar-refractivity contribution in [3.8, 4) is 17.2 Å². The first-order valence-corrected chi connectivity index (χ1v) is 13.2. The van der Waals surface area contributed by atoms with E-state index in [2.05, 4.69) is 4.98 Å². The van der Waals surface area contributed by atoms with Crippen LogP contribution in [0, 0.1) is 6.92 Å². The fourth-order valence-corrected chi connectivity index (χ4v) is 5.25. The van der Waals surface area contributed by atoms with E-state index < -0.39 is 36.6 Å². The molecule has 0 unspecified atom stereocenters. The Morgan fingerprint density at radius 1 is 0.943 bits per heavy atom. The molecule has 0 saturated carbocycles. The zero-order valence-electron chi connectivity index (χ0n) is 18.3. The molecule has 7 nitrogen and oxygen atoms in total. The third kappa shape index (κ3) is 4.89. The molecule has 0 N–H and O–H groups in total. The molecule has 0 amide bonds. The van der Waals surface area contributed by atoms with Gasteiger partial charge in [0.05, 0.1) is 21.8 Å². The van der Waals surface area contributed by atoms with Gasteiger partial charge >= 0.3 is 16.3 Å². The van der Waals surface area contributed by atoms with E-state index >= 15 is 0 Å². The van der Waals surface area contributed by atoms with Gasteiger partial charge in [0.2, 0.25) is 5.89 Å². The molecule has 0 bridgehead atoms. The zero-order chi connectivity index (χ0) is 25.6. The zero-order valence-corrected chi connectivity index (χ0v) is 20.0. The number of benzene rings is 3. The average molecular weight is 526 g/mol. The number of nitrogens with zero attached hydrogens (tertiary/aromatic N) is 1. The number of fused-ring (bicyclic) bond motifs is 1. The van der Waals surface area contributed by atoms with Gasteiger partial charge in [-0.1, -0.05) is 25.1 Å². The second-order valence-corrected chi connectivity index (χ2v) is 11.4. The third-order valence-electron chi connectivity index (χ3n) is 5.18. The van der Waals surface area contributed by atoms with E-state index in [0.717, 1.165) is 18.2 Å². The Labute approximate surface area is 199 Å². The molecule has 3 aromatic carbocycles. The summed E-state index contributed by atoms with van der Waals surface area (Å²) in [6, 6.07) is 12.0. The SMILES string of the molecule is CCS(=O)(=O)c1ccc2oc(-c3cccc(C)c3OS(=O)(=O)c3cccc(C(F)(F)F)c3)nc2c1. The normalized spacial score (nSPS) is 12.7. The molecule has 0 fully saturated rings. The lowest BCUT2D eigenvalue weighted by molar-refractivity contribution is -0.137. The van der Waals surface area contributed by atoms with E-state index in [4.69, 9.17) is 8.60 Å². The van der Waals surface area contributed by atoms with Crippen molar-refractivity contribution in [3.63, 3.8) is 0 Å². The van der Waals surface area contributed by atoms with Crippen molar-refractivity contribution in [2.24, 2.45) is 0 Å². The first-order chi connectivity index (χ1) is 16.3. The van der Waals surface area contributed by atoms with E-state index in [9.17, 15) is 30.0 Å². The maximum absolute atomic E-state index is 13.1. The van der Waals surface area contributed by atoms with E-state index in [1.54, 1.807) is 19.1 Å². The van der Waals surface area contributed by atoms with Crippen LogP contribution in [0.3, 0.4) is 0 Å². The molecule has 0 spiro atoms. The summed E-state index contributed by atoms with van der Waals surface area (Å²) in [5.74, 6) is -0.339. The van der Waals surface area contributed by atoms with E-state index in [1.165, 1.54) is 31.2 Å². The van der Waals surface area contributed by atoms with E-state index in [-0.39, 0.29) is 39.0 Å². The van der Waals surface area contributed by atoms with Gasteiger partial charge in [0, 0.05) is 0 Å². The number of para-hydroxylation sites is 1. The summed E-state index contributed by atoms with van der Waals surface area (Å²) in [6.07, 6.45) is -4.73. The summed E-state index contributed by atoms with van der Waals surface area (Å²) in [5, 5.41) is 0. The standard InChI is InChI=1S/C23H18F3NO6S2/c1-3-34(28,29)16-10-11-20-19(13-16)27-22(32-20)18-9-4-6-14(2)21(18)33-35(30,31)17-8-5-7-15(12-17)23(24,25)26/h4-13H,3H2,1-2H3. The predicted molar refractivity (Wildman–Crippen MR) is 121 cm³/mol. The monoisotopic (exact) mass is 525 g/mol. The van der Waals surface area contributed by atoms with Crippen molar-refractivity contribution in [1.82, 2.24) is 4.98 Å². The van der Waals surface area contributed by atoms with Crippen LogP contribution in [0.25, 0.3) is 22.6 Å². The highest BCUT2D eigenvalue weighted by atomic mass is 32.2. The molecule has 1 heterocycles. The average Bonchev–Trinajstić information content (AvgIpc) is 3.23. The number of sulfone groups is 1. The van der Waals surface area contributed by atoms with Crippen LogP contribution in [0.15, 0.2) is 74.9 Å². The number of aryl methyl sites for hydroxylation is 1. The van der Waals surface area contributed by atoms with Crippen LogP contribution in [0.4, 0.5) is 13.2 Å². The van der Waals surface area contributed by atoms with Crippen LogP contribution >= 0.6 is 0 Å². The number of aromatic nitrogens is 1. The lowest BCUT2D eigenvalue weighted by Crippen LogP contribution is -2.13. The Morgan fingerprint density at radius 2 is 1.66 bits per heavy atom. The molecular formula is C23H18F3NO6S2. The Morgan fingerprint density at radius 3 is 2.34 bits per heavy atom. The van der Waals surface area contributed by atoms with Gasteiger partial charge in [-0.2, -0.15) is 21.6 Å². The summed E-state index contributed by atoms with van der Waals surface area (Å²) < 4.78 is 100. The largest absolute Gasteiger partial charge is 0.436 e. The molecule has 35 heavy (non-hydrogen) atoms. The summed E-state index contributed by atoms with van der Waals surface area (Å²) in [5.41, 5.74) is -0.180. The van der Waals surface area contributed by atoms with Crippen LogP contribution in [0.5, 0.6) is 5.75 Å². The summed E-state index contributed by atoms with van der Waals surface area (Å²) in [7, 11) is -8.15. The van der Waals surface area contributed by atoms with Gasteiger partial charge in [-0.25, -0.2) is 13.4 Å². The maximum Gasteiger partial charge on any atom is 0.416 e. The Hall–Kier alpha value is -3.38. The van der Waals surface area contributed by atoms with Crippen LogP contribution in [-0.4, -0.2) is 27.6 Å². The van der Waals surface area contributed by atoms with Crippen LogP contribution in [0.2, 0.25) is 0 Å². The fourth-order valence-electron chi connectivity index (χ4n) is 3.30. The number of rotatable bonds is 6. The van der Waals surface area contributed by atoms with Gasteiger partial charge in [-0.15, -0.1) is 0 Å². The summed E-state index contributed by atoms with van der Waals surface area (Å²) in [6.45, 7) is 3.06. The number of alkyl halides is 3. The molecule has 0 aliphatic heterocycles. The van der Waals surface area contributed by atoms with Crippen LogP contribution in [-0.2, 0) is 26.1 Å². The highest BCUT2D eigenvalue weighted by Crippen LogP contribution is 2.37. The second kappa shape index (κ2) is 8.68. The lowest BCUT2D eigenvalue weighted by Gasteiger charge is -2.13. The molecule has 12 heteroatoms. The number of halogens is 3. The van der Waals surface area contributed by atoms with E-state index in [1.807, 2.05) is 0 Å². The van der Waals surface area contributed by atoms with Crippen molar-refractivity contribution in [2.45, 2.75) is 29.8 Å². The maximum atomic E-state index is 13.1. The van der Waals surface area contributed by atoms with Crippen molar-refractivity contribution >= 4 is 31.1 Å². The molecule has 0 atom stereocenters. The van der Waals surface area contributed by atoms with Crippen LogP contribution in [0.1, 0.15) is 18.1 Å². The highest BCUT2D eigenvalue weighted by Gasteiger charge is 2.32. The first-order valence-electron chi connectivity index (χ1n) is 10.2.